The lowest BCUT2D eigenvalue weighted by Gasteiger charge is -2.28. The first-order valence-corrected chi connectivity index (χ1v) is 9.59. The van der Waals surface area contributed by atoms with Gasteiger partial charge in [0.15, 0.2) is 0 Å². The van der Waals surface area contributed by atoms with Crippen LogP contribution in [0.4, 0.5) is 8.78 Å². The van der Waals surface area contributed by atoms with Crippen LogP contribution in [0.2, 0.25) is 0 Å². The number of morpholine rings is 1. The molecule has 0 aliphatic carbocycles. The molecule has 0 atom stereocenters. The van der Waals surface area contributed by atoms with Crippen molar-refractivity contribution in [2.24, 2.45) is 10.1 Å². The van der Waals surface area contributed by atoms with Crippen LogP contribution in [0, 0.1) is 0 Å². The highest BCUT2D eigenvalue weighted by molar-refractivity contribution is 7.98. The standard InChI is InChI=1S/C18H22F2N4O3S/c19-18(20)27-14-1-3-15(4-2-14)28-22-9-13-10-24(11-16(13)21)17(25)12-23-5-7-26-8-6-23/h1-4,9,18H,5-8,10-12,21H2/b22-9+. The molecule has 2 heterocycles. The van der Waals surface area contributed by atoms with Crippen LogP contribution in [-0.2, 0) is 9.53 Å². The van der Waals surface area contributed by atoms with Crippen molar-refractivity contribution in [3.63, 3.8) is 0 Å². The molecule has 1 amide bonds. The SMILES string of the molecule is NC1=C(/C=N/Sc2ccc(OC(F)F)cc2)CN(C(=O)CN2CCOCC2)C1. The van der Waals surface area contributed by atoms with Gasteiger partial charge in [-0.15, -0.1) is 0 Å². The van der Waals surface area contributed by atoms with Gasteiger partial charge in [-0.25, -0.2) is 4.40 Å². The Morgan fingerprint density at radius 1 is 1.29 bits per heavy atom. The van der Waals surface area contributed by atoms with Gasteiger partial charge in [-0.05, 0) is 24.3 Å². The van der Waals surface area contributed by atoms with Gasteiger partial charge in [-0.2, -0.15) is 8.78 Å². The first kappa shape index (κ1) is 20.6. The topological polar surface area (TPSA) is 80.4 Å². The number of ether oxygens (including phenoxy) is 2. The summed E-state index contributed by atoms with van der Waals surface area (Å²) in [5.41, 5.74) is 7.48. The van der Waals surface area contributed by atoms with Crippen LogP contribution in [0.5, 0.6) is 5.75 Å². The van der Waals surface area contributed by atoms with E-state index >= 15 is 0 Å². The van der Waals surface area contributed by atoms with E-state index in [1.54, 1.807) is 23.2 Å². The second-order valence-electron chi connectivity index (χ2n) is 6.36. The van der Waals surface area contributed by atoms with Gasteiger partial charge < -0.3 is 20.1 Å². The highest BCUT2D eigenvalue weighted by Gasteiger charge is 2.25. The number of carbonyl (C=O) groups is 1. The molecule has 1 aromatic carbocycles. The summed E-state index contributed by atoms with van der Waals surface area (Å²) in [6.07, 6.45) is 1.64. The van der Waals surface area contributed by atoms with Crippen LogP contribution in [0.15, 0.2) is 44.8 Å². The van der Waals surface area contributed by atoms with Crippen LogP contribution in [0.25, 0.3) is 0 Å². The number of alkyl halides is 2. The molecule has 28 heavy (non-hydrogen) atoms. The Morgan fingerprint density at radius 2 is 2.00 bits per heavy atom. The maximum absolute atomic E-state index is 12.5. The minimum Gasteiger partial charge on any atom is -0.435 e. The first-order chi connectivity index (χ1) is 13.5. The minimum absolute atomic E-state index is 0.0375. The third-order valence-electron chi connectivity index (χ3n) is 4.37. The smallest absolute Gasteiger partial charge is 0.387 e. The van der Waals surface area contributed by atoms with Crippen molar-refractivity contribution in [2.75, 3.05) is 45.9 Å². The predicted octanol–water partition coefficient (Wildman–Crippen LogP) is 1.75. The van der Waals surface area contributed by atoms with Crippen molar-refractivity contribution in [1.82, 2.24) is 9.80 Å². The lowest BCUT2D eigenvalue weighted by atomic mass is 10.3. The van der Waals surface area contributed by atoms with E-state index in [0.29, 0.717) is 38.5 Å². The van der Waals surface area contributed by atoms with Gasteiger partial charge in [0.2, 0.25) is 5.91 Å². The lowest BCUT2D eigenvalue weighted by Crippen LogP contribution is -2.44. The van der Waals surface area contributed by atoms with Crippen molar-refractivity contribution in [3.05, 3.63) is 35.5 Å². The van der Waals surface area contributed by atoms with E-state index in [9.17, 15) is 13.6 Å². The Morgan fingerprint density at radius 3 is 2.68 bits per heavy atom. The summed E-state index contributed by atoms with van der Waals surface area (Å²) in [5.74, 6) is 0.135. The Hall–Kier alpha value is -2.17. The van der Waals surface area contributed by atoms with E-state index in [-0.39, 0.29) is 11.7 Å². The molecule has 3 rings (SSSR count). The highest BCUT2D eigenvalue weighted by atomic mass is 32.2. The summed E-state index contributed by atoms with van der Waals surface area (Å²) in [7, 11) is 0. The molecule has 10 heteroatoms. The van der Waals surface area contributed by atoms with Crippen LogP contribution in [0.3, 0.4) is 0 Å². The number of halogens is 2. The molecule has 0 saturated carbocycles. The Balaban J connectivity index is 1.47. The zero-order valence-electron chi connectivity index (χ0n) is 15.2. The molecule has 0 spiro atoms. The molecule has 0 bridgehead atoms. The Bertz CT molecular complexity index is 737. The fourth-order valence-electron chi connectivity index (χ4n) is 2.85. The molecule has 2 N–H and O–H groups in total. The molecule has 7 nitrogen and oxygen atoms in total. The van der Waals surface area contributed by atoms with Gasteiger partial charge in [0.05, 0.1) is 26.3 Å². The van der Waals surface area contributed by atoms with Crippen molar-refractivity contribution in [2.45, 2.75) is 11.5 Å². The van der Waals surface area contributed by atoms with Gasteiger partial charge in [0.25, 0.3) is 0 Å². The molecule has 0 unspecified atom stereocenters. The largest absolute Gasteiger partial charge is 0.435 e. The molecule has 1 fully saturated rings. The number of hydrogen-bond acceptors (Lipinski definition) is 7. The summed E-state index contributed by atoms with van der Waals surface area (Å²) in [5, 5.41) is 0. The summed E-state index contributed by atoms with van der Waals surface area (Å²) in [6.45, 7) is 1.17. The molecule has 0 radical (unpaired) electrons. The zero-order valence-corrected chi connectivity index (χ0v) is 16.0. The molecule has 2 aliphatic heterocycles. The van der Waals surface area contributed by atoms with Crippen LogP contribution in [0.1, 0.15) is 0 Å². The van der Waals surface area contributed by atoms with E-state index in [0.717, 1.165) is 23.6 Å². The van der Waals surface area contributed by atoms with Gasteiger partial charge in [-0.1, -0.05) is 0 Å². The Kier molecular flexibility index (Phi) is 7.24. The highest BCUT2D eigenvalue weighted by Crippen LogP contribution is 2.23. The second-order valence-corrected chi connectivity index (χ2v) is 7.23. The number of carbonyl (C=O) groups excluding carboxylic acids is 1. The second kappa shape index (κ2) is 9.85. The quantitative estimate of drug-likeness (QED) is 0.543. The number of rotatable bonds is 7. The zero-order chi connectivity index (χ0) is 19.9. The summed E-state index contributed by atoms with van der Waals surface area (Å²) in [4.78, 5) is 17.0. The fraction of sp³-hybridized carbons (Fsp3) is 0.444. The number of amides is 1. The van der Waals surface area contributed by atoms with Gasteiger partial charge in [-0.3, -0.25) is 9.69 Å². The number of nitrogens with two attached hydrogens (primary N) is 1. The minimum atomic E-state index is -2.84. The van der Waals surface area contributed by atoms with Crippen molar-refractivity contribution < 1.29 is 23.0 Å². The van der Waals surface area contributed by atoms with Gasteiger partial charge in [0, 0.05) is 54.0 Å². The van der Waals surface area contributed by atoms with Crippen molar-refractivity contribution >= 4 is 24.1 Å². The Labute approximate surface area is 166 Å². The van der Waals surface area contributed by atoms with Crippen LogP contribution < -0.4 is 10.5 Å². The maximum Gasteiger partial charge on any atom is 0.387 e. The van der Waals surface area contributed by atoms with Crippen LogP contribution >= 0.6 is 11.9 Å². The molecule has 0 aromatic heterocycles. The number of benzene rings is 1. The molecule has 152 valence electrons. The molecular formula is C18H22F2N4O3S. The van der Waals surface area contributed by atoms with Crippen LogP contribution in [-0.4, -0.2) is 74.5 Å². The lowest BCUT2D eigenvalue weighted by molar-refractivity contribution is -0.132. The molecule has 1 saturated heterocycles. The van der Waals surface area contributed by atoms with E-state index < -0.39 is 6.61 Å². The predicted molar refractivity (Wildman–Crippen MR) is 102 cm³/mol. The monoisotopic (exact) mass is 412 g/mol. The molecule has 2 aliphatic rings. The number of nitrogens with zero attached hydrogens (tertiary/aromatic N) is 3. The maximum atomic E-state index is 12.5. The average molecular weight is 412 g/mol. The first-order valence-electron chi connectivity index (χ1n) is 8.82. The summed E-state index contributed by atoms with van der Waals surface area (Å²) < 4.78 is 38.2. The summed E-state index contributed by atoms with van der Waals surface area (Å²) >= 11 is 1.19. The average Bonchev–Trinajstić information content (AvgIpc) is 3.04. The normalized spacial score (nSPS) is 18.5. The van der Waals surface area contributed by atoms with E-state index in [2.05, 4.69) is 14.0 Å². The third kappa shape index (κ3) is 5.91. The van der Waals surface area contributed by atoms with E-state index in [1.807, 2.05) is 0 Å². The van der Waals surface area contributed by atoms with E-state index in [1.165, 1.54) is 24.1 Å². The third-order valence-corrected chi connectivity index (χ3v) is 5.06. The van der Waals surface area contributed by atoms with Crippen molar-refractivity contribution in [3.8, 4) is 5.75 Å². The molecular weight excluding hydrogens is 390 g/mol. The van der Waals surface area contributed by atoms with E-state index in [4.69, 9.17) is 10.5 Å². The summed E-state index contributed by atoms with van der Waals surface area (Å²) in [6, 6.07) is 6.20. The fourth-order valence-corrected chi connectivity index (χ4v) is 3.41. The number of hydrogen-bond donors (Lipinski definition) is 1. The van der Waals surface area contributed by atoms with Gasteiger partial charge >= 0.3 is 6.61 Å². The molecule has 1 aromatic rings. The van der Waals surface area contributed by atoms with Crippen molar-refractivity contribution in [1.29, 1.82) is 0 Å². The van der Waals surface area contributed by atoms with Gasteiger partial charge in [0.1, 0.15) is 5.75 Å².